The number of alkyl halides is 3. The zero-order valence-electron chi connectivity index (χ0n) is 6.59. The molecule has 0 aliphatic carbocycles. The second-order valence-electron chi connectivity index (χ2n) is 2.12. The summed E-state index contributed by atoms with van der Waals surface area (Å²) in [7, 11) is 0.905. The first-order chi connectivity index (χ1) is 5.84. The third-order valence-corrected chi connectivity index (χ3v) is 1.63. The normalized spacial score (nSPS) is 13.6. The van der Waals surface area contributed by atoms with E-state index in [1.165, 1.54) is 0 Å². The van der Waals surface area contributed by atoms with Gasteiger partial charge >= 0.3 is 12.1 Å². The van der Waals surface area contributed by atoms with Gasteiger partial charge in [0.2, 0.25) is 0 Å². The Morgan fingerprint density at radius 1 is 1.46 bits per heavy atom. The molecule has 76 valence electrons. The van der Waals surface area contributed by atoms with Crippen molar-refractivity contribution in [3.05, 3.63) is 0 Å². The summed E-state index contributed by atoms with van der Waals surface area (Å²) in [6, 6.07) is 0. The Morgan fingerprint density at radius 3 is 2.15 bits per heavy atom. The number of carbonyl (C=O) groups is 2. The predicted molar refractivity (Wildman–Crippen MR) is 40.4 cm³/mol. The number of carbonyl (C=O) groups excluding carboxylic acids is 2. The molecule has 0 N–H and O–H groups in total. The van der Waals surface area contributed by atoms with Gasteiger partial charge in [0.05, 0.1) is 7.11 Å². The van der Waals surface area contributed by atoms with Gasteiger partial charge in [0.25, 0.3) is 5.78 Å². The fraction of sp³-hybridized carbons (Fsp3) is 0.667. The van der Waals surface area contributed by atoms with Crippen molar-refractivity contribution in [3.63, 3.8) is 0 Å². The Hall–Kier alpha value is -0.720. The summed E-state index contributed by atoms with van der Waals surface area (Å²) in [5, 5.41) is 0. The molecular formula is C6H7F3O3S. The molecule has 3 nitrogen and oxygen atoms in total. The molecule has 0 amide bonds. The number of hydrogen-bond donors (Lipinski definition) is 1. The zero-order valence-corrected chi connectivity index (χ0v) is 7.48. The van der Waals surface area contributed by atoms with Gasteiger partial charge in [-0.2, -0.15) is 25.8 Å². The van der Waals surface area contributed by atoms with Crippen molar-refractivity contribution in [3.8, 4) is 0 Å². The predicted octanol–water partition coefficient (Wildman–Crippen LogP) is 0.837. The zero-order chi connectivity index (χ0) is 10.6. The van der Waals surface area contributed by atoms with Crippen LogP contribution < -0.4 is 0 Å². The maximum Gasteiger partial charge on any atom is 0.450 e. The number of methoxy groups -OCH3 is 1. The van der Waals surface area contributed by atoms with E-state index >= 15 is 0 Å². The van der Waals surface area contributed by atoms with E-state index in [9.17, 15) is 22.8 Å². The molecule has 0 spiro atoms. The standard InChI is InChI=1S/C6H7F3O3S/c1-12-5(11)3(2-13)4(10)6(7,8)9/h3,13H,2H2,1H3. The summed E-state index contributed by atoms with van der Waals surface area (Å²) >= 11 is 3.46. The molecular weight excluding hydrogens is 209 g/mol. The maximum absolute atomic E-state index is 11.8. The van der Waals surface area contributed by atoms with Crippen LogP contribution in [0.5, 0.6) is 0 Å². The van der Waals surface area contributed by atoms with Gasteiger partial charge < -0.3 is 4.74 Å². The van der Waals surface area contributed by atoms with Crippen molar-refractivity contribution in [2.24, 2.45) is 5.92 Å². The molecule has 0 fully saturated rings. The van der Waals surface area contributed by atoms with Crippen molar-refractivity contribution in [2.75, 3.05) is 12.9 Å². The summed E-state index contributed by atoms with van der Waals surface area (Å²) in [6.45, 7) is 0. The number of halogens is 3. The smallest absolute Gasteiger partial charge is 0.450 e. The number of esters is 1. The SMILES string of the molecule is COC(=O)C(CS)C(=O)C(F)(F)F. The second kappa shape index (κ2) is 4.50. The largest absolute Gasteiger partial charge is 0.468 e. The van der Waals surface area contributed by atoms with E-state index in [1.54, 1.807) is 0 Å². The molecule has 13 heavy (non-hydrogen) atoms. The molecule has 0 saturated heterocycles. The molecule has 0 aromatic heterocycles. The first-order valence-corrected chi connectivity index (χ1v) is 3.77. The third kappa shape index (κ3) is 3.25. The van der Waals surface area contributed by atoms with Crippen LogP contribution in [-0.4, -0.2) is 30.8 Å². The van der Waals surface area contributed by atoms with Crippen LogP contribution in [0.2, 0.25) is 0 Å². The van der Waals surface area contributed by atoms with Gasteiger partial charge in [-0.1, -0.05) is 0 Å². The van der Waals surface area contributed by atoms with E-state index in [4.69, 9.17) is 0 Å². The van der Waals surface area contributed by atoms with Crippen molar-refractivity contribution in [2.45, 2.75) is 6.18 Å². The molecule has 0 aromatic rings. The van der Waals surface area contributed by atoms with E-state index in [-0.39, 0.29) is 0 Å². The molecule has 1 unspecified atom stereocenters. The van der Waals surface area contributed by atoms with Gasteiger partial charge in [0, 0.05) is 5.75 Å². The van der Waals surface area contributed by atoms with Crippen LogP contribution in [0.3, 0.4) is 0 Å². The van der Waals surface area contributed by atoms with E-state index in [1.807, 2.05) is 0 Å². The molecule has 7 heteroatoms. The molecule has 0 radical (unpaired) electrons. The van der Waals surface area contributed by atoms with Crippen LogP contribution >= 0.6 is 12.6 Å². The minimum Gasteiger partial charge on any atom is -0.468 e. The average molecular weight is 216 g/mol. The third-order valence-electron chi connectivity index (χ3n) is 1.26. The van der Waals surface area contributed by atoms with E-state index in [0.717, 1.165) is 7.11 Å². The fourth-order valence-electron chi connectivity index (χ4n) is 0.604. The highest BCUT2D eigenvalue weighted by Crippen LogP contribution is 2.22. The summed E-state index contributed by atoms with van der Waals surface area (Å²) in [6.07, 6.45) is -5.03. The topological polar surface area (TPSA) is 43.4 Å². The fourth-order valence-corrected chi connectivity index (χ4v) is 0.919. The Balaban J connectivity index is 4.60. The van der Waals surface area contributed by atoms with Crippen LogP contribution in [0.15, 0.2) is 0 Å². The number of rotatable bonds is 3. The number of hydrogen-bond acceptors (Lipinski definition) is 4. The van der Waals surface area contributed by atoms with E-state index in [2.05, 4.69) is 17.4 Å². The van der Waals surface area contributed by atoms with E-state index in [0.29, 0.717) is 0 Å². The Labute approximate surface area is 77.7 Å². The number of ketones is 1. The van der Waals surface area contributed by atoms with Gasteiger partial charge in [-0.3, -0.25) is 9.59 Å². The van der Waals surface area contributed by atoms with E-state index < -0.39 is 29.6 Å². The highest BCUT2D eigenvalue weighted by atomic mass is 32.1. The molecule has 0 saturated carbocycles. The maximum atomic E-state index is 11.8. The first-order valence-electron chi connectivity index (χ1n) is 3.14. The lowest BCUT2D eigenvalue weighted by Gasteiger charge is -2.12. The van der Waals surface area contributed by atoms with Crippen LogP contribution in [0.1, 0.15) is 0 Å². The van der Waals surface area contributed by atoms with Gasteiger partial charge in [-0.05, 0) is 0 Å². The molecule has 0 bridgehead atoms. The quantitative estimate of drug-likeness (QED) is 0.432. The van der Waals surface area contributed by atoms with Crippen molar-refractivity contribution < 1.29 is 27.5 Å². The Kier molecular flexibility index (Phi) is 4.25. The number of thiol groups is 1. The van der Waals surface area contributed by atoms with Crippen LogP contribution in [0.25, 0.3) is 0 Å². The average Bonchev–Trinajstić information content (AvgIpc) is 2.03. The monoisotopic (exact) mass is 216 g/mol. The Morgan fingerprint density at radius 2 is 1.92 bits per heavy atom. The van der Waals surface area contributed by atoms with Gasteiger partial charge in [-0.25, -0.2) is 0 Å². The van der Waals surface area contributed by atoms with Crippen molar-refractivity contribution in [1.29, 1.82) is 0 Å². The highest BCUT2D eigenvalue weighted by molar-refractivity contribution is 7.80. The number of ether oxygens (including phenoxy) is 1. The van der Waals surface area contributed by atoms with Crippen molar-refractivity contribution >= 4 is 24.4 Å². The molecule has 0 aliphatic rings. The summed E-state index contributed by atoms with van der Waals surface area (Å²) in [5.41, 5.74) is 0. The summed E-state index contributed by atoms with van der Waals surface area (Å²) in [5.74, 6) is -5.75. The van der Waals surface area contributed by atoms with Crippen LogP contribution in [0.4, 0.5) is 13.2 Å². The molecule has 1 atom stereocenters. The van der Waals surface area contributed by atoms with Crippen LogP contribution in [0, 0.1) is 5.92 Å². The highest BCUT2D eigenvalue weighted by Gasteiger charge is 2.46. The molecule has 0 aliphatic heterocycles. The van der Waals surface area contributed by atoms with Crippen LogP contribution in [-0.2, 0) is 14.3 Å². The Bertz CT molecular complexity index is 214. The minimum atomic E-state index is -5.03. The lowest BCUT2D eigenvalue weighted by Crippen LogP contribution is -2.37. The van der Waals surface area contributed by atoms with Gasteiger partial charge in [0.15, 0.2) is 0 Å². The minimum absolute atomic E-state index is 0.523. The van der Waals surface area contributed by atoms with Gasteiger partial charge in [0.1, 0.15) is 5.92 Å². The molecule has 0 heterocycles. The molecule has 0 aromatic carbocycles. The lowest BCUT2D eigenvalue weighted by molar-refractivity contribution is -0.179. The summed E-state index contributed by atoms with van der Waals surface area (Å²) < 4.78 is 39.4. The number of Topliss-reactive ketones (excluding diaryl/α,β-unsaturated/α-hetero) is 1. The molecule has 0 rings (SSSR count). The second-order valence-corrected chi connectivity index (χ2v) is 2.49. The van der Waals surface area contributed by atoms with Crippen molar-refractivity contribution in [1.82, 2.24) is 0 Å². The first kappa shape index (κ1) is 12.3. The lowest BCUT2D eigenvalue weighted by atomic mass is 10.1. The summed E-state index contributed by atoms with van der Waals surface area (Å²) in [4.78, 5) is 21.2. The van der Waals surface area contributed by atoms with Gasteiger partial charge in [-0.15, -0.1) is 0 Å².